The minimum Gasteiger partial charge on any atom is -0.501 e. The Morgan fingerprint density at radius 1 is 1.28 bits per heavy atom. The van der Waals surface area contributed by atoms with Gasteiger partial charge < -0.3 is 15.4 Å². The van der Waals surface area contributed by atoms with Gasteiger partial charge in [-0.15, -0.1) is 0 Å². The van der Waals surface area contributed by atoms with Crippen molar-refractivity contribution in [2.24, 2.45) is 5.92 Å². The quantitative estimate of drug-likeness (QED) is 0.514. The molecule has 0 aliphatic heterocycles. The SMILES string of the molecule is CC=CC(=CCC)CC=CC=CC(C)Cc1nc(C(=O)NC(C)C)c(O)c(=O)[nH]1. The van der Waals surface area contributed by atoms with Crippen LogP contribution in [-0.2, 0) is 6.42 Å². The zero-order valence-electron chi connectivity index (χ0n) is 18.0. The summed E-state index contributed by atoms with van der Waals surface area (Å²) < 4.78 is 0. The molecule has 0 spiro atoms. The Kier molecular flexibility index (Phi) is 10.4. The third-order valence-corrected chi connectivity index (χ3v) is 3.98. The molecule has 1 aromatic heterocycles. The molecule has 0 saturated carbocycles. The molecule has 1 atom stereocenters. The third-order valence-electron chi connectivity index (χ3n) is 3.98. The second kappa shape index (κ2) is 12.5. The minimum absolute atomic E-state index is 0.0922. The van der Waals surface area contributed by atoms with Gasteiger partial charge in [-0.05, 0) is 45.1 Å². The van der Waals surface area contributed by atoms with E-state index in [0.717, 1.165) is 12.8 Å². The second-order valence-electron chi connectivity index (χ2n) is 7.22. The molecule has 1 amide bonds. The predicted octanol–water partition coefficient (Wildman–Crippen LogP) is 4.21. The van der Waals surface area contributed by atoms with E-state index >= 15 is 0 Å². The van der Waals surface area contributed by atoms with Gasteiger partial charge in [-0.25, -0.2) is 4.98 Å². The average molecular weight is 400 g/mol. The largest absolute Gasteiger partial charge is 0.501 e. The first-order valence-electron chi connectivity index (χ1n) is 10.1. The first-order valence-corrected chi connectivity index (χ1v) is 10.1. The Balaban J connectivity index is 2.78. The third kappa shape index (κ3) is 8.77. The van der Waals surface area contributed by atoms with Crippen LogP contribution in [0.4, 0.5) is 0 Å². The number of allylic oxidation sites excluding steroid dienone is 8. The second-order valence-corrected chi connectivity index (χ2v) is 7.22. The molecule has 29 heavy (non-hydrogen) atoms. The van der Waals surface area contributed by atoms with Crippen molar-refractivity contribution in [2.45, 2.75) is 59.9 Å². The lowest BCUT2D eigenvalue weighted by atomic mass is 10.1. The number of nitrogens with zero attached hydrogens (tertiary/aromatic N) is 1. The van der Waals surface area contributed by atoms with Crippen LogP contribution in [0.25, 0.3) is 0 Å². The summed E-state index contributed by atoms with van der Waals surface area (Å²) >= 11 is 0. The maximum Gasteiger partial charge on any atom is 0.293 e. The highest BCUT2D eigenvalue weighted by Gasteiger charge is 2.18. The minimum atomic E-state index is -0.709. The summed E-state index contributed by atoms with van der Waals surface area (Å²) in [7, 11) is 0. The zero-order chi connectivity index (χ0) is 21.8. The molecule has 1 unspecified atom stereocenters. The highest BCUT2D eigenvalue weighted by Crippen LogP contribution is 2.12. The fraction of sp³-hybridized carbons (Fsp3) is 0.435. The van der Waals surface area contributed by atoms with Crippen molar-refractivity contribution in [3.63, 3.8) is 0 Å². The number of hydrogen-bond acceptors (Lipinski definition) is 4. The van der Waals surface area contributed by atoms with E-state index in [9.17, 15) is 14.7 Å². The smallest absolute Gasteiger partial charge is 0.293 e. The molecular weight excluding hydrogens is 366 g/mol. The summed E-state index contributed by atoms with van der Waals surface area (Å²) in [6.45, 7) is 9.71. The van der Waals surface area contributed by atoms with E-state index in [1.807, 2.05) is 38.2 Å². The van der Waals surface area contributed by atoms with Crippen LogP contribution < -0.4 is 10.9 Å². The highest BCUT2D eigenvalue weighted by molar-refractivity contribution is 5.94. The van der Waals surface area contributed by atoms with Crippen molar-refractivity contribution < 1.29 is 9.90 Å². The van der Waals surface area contributed by atoms with Crippen molar-refractivity contribution in [2.75, 3.05) is 0 Å². The zero-order valence-corrected chi connectivity index (χ0v) is 18.0. The Labute approximate surface area is 173 Å². The maximum absolute atomic E-state index is 12.1. The summed E-state index contributed by atoms with van der Waals surface area (Å²) in [6.07, 6.45) is 16.8. The lowest BCUT2D eigenvalue weighted by molar-refractivity contribution is 0.0934. The molecule has 6 heteroatoms. The van der Waals surface area contributed by atoms with Crippen molar-refractivity contribution in [3.05, 3.63) is 70.0 Å². The van der Waals surface area contributed by atoms with E-state index < -0.39 is 17.2 Å². The topological polar surface area (TPSA) is 95.1 Å². The van der Waals surface area contributed by atoms with Gasteiger partial charge in [0.05, 0.1) is 0 Å². The van der Waals surface area contributed by atoms with Crippen LogP contribution in [0.1, 0.15) is 63.8 Å². The number of carbonyl (C=O) groups is 1. The molecule has 6 nitrogen and oxygen atoms in total. The van der Waals surface area contributed by atoms with Gasteiger partial charge in [-0.1, -0.05) is 56.4 Å². The number of rotatable bonds is 10. The molecule has 158 valence electrons. The van der Waals surface area contributed by atoms with Crippen LogP contribution in [0.5, 0.6) is 5.75 Å². The van der Waals surface area contributed by atoms with Gasteiger partial charge >= 0.3 is 0 Å². The molecule has 0 fully saturated rings. The number of H-pyrrole nitrogens is 1. The van der Waals surface area contributed by atoms with Crippen molar-refractivity contribution in [1.82, 2.24) is 15.3 Å². The Bertz CT molecular complexity index is 845. The molecule has 3 N–H and O–H groups in total. The molecule has 0 bridgehead atoms. The molecule has 0 saturated heterocycles. The number of aromatic hydroxyl groups is 1. The van der Waals surface area contributed by atoms with Gasteiger partial charge in [-0.2, -0.15) is 0 Å². The van der Waals surface area contributed by atoms with E-state index in [0.29, 0.717) is 12.2 Å². The van der Waals surface area contributed by atoms with Gasteiger partial charge in [0, 0.05) is 12.5 Å². The van der Waals surface area contributed by atoms with Crippen LogP contribution in [0, 0.1) is 5.92 Å². The van der Waals surface area contributed by atoms with E-state index in [4.69, 9.17) is 0 Å². The van der Waals surface area contributed by atoms with Crippen LogP contribution in [0.2, 0.25) is 0 Å². The monoisotopic (exact) mass is 399 g/mol. The van der Waals surface area contributed by atoms with Crippen molar-refractivity contribution >= 4 is 5.91 Å². The number of aromatic amines is 1. The summed E-state index contributed by atoms with van der Waals surface area (Å²) in [5, 5.41) is 12.5. The van der Waals surface area contributed by atoms with E-state index in [1.54, 1.807) is 13.8 Å². The molecule has 0 aromatic carbocycles. The Hall–Kier alpha value is -2.89. The fourth-order valence-electron chi connectivity index (χ4n) is 2.70. The maximum atomic E-state index is 12.1. The van der Waals surface area contributed by atoms with Gasteiger partial charge in [0.25, 0.3) is 11.5 Å². The van der Waals surface area contributed by atoms with Gasteiger partial charge in [0.15, 0.2) is 5.69 Å². The van der Waals surface area contributed by atoms with Crippen LogP contribution >= 0.6 is 0 Å². The Morgan fingerprint density at radius 2 is 2.00 bits per heavy atom. The number of carbonyl (C=O) groups excluding carboxylic acids is 1. The van der Waals surface area contributed by atoms with Crippen molar-refractivity contribution in [3.8, 4) is 5.75 Å². The lowest BCUT2D eigenvalue weighted by Crippen LogP contribution is -2.32. The number of amides is 1. The normalized spacial score (nSPS) is 13.8. The van der Waals surface area contributed by atoms with Gasteiger partial charge in [0.2, 0.25) is 5.75 Å². The van der Waals surface area contributed by atoms with E-state index in [1.165, 1.54) is 5.57 Å². The number of nitrogens with one attached hydrogen (secondary N) is 2. The van der Waals surface area contributed by atoms with Crippen molar-refractivity contribution in [1.29, 1.82) is 0 Å². The summed E-state index contributed by atoms with van der Waals surface area (Å²) in [6, 6.07) is -0.124. The fourth-order valence-corrected chi connectivity index (χ4v) is 2.70. The van der Waals surface area contributed by atoms with Crippen LogP contribution in [0.3, 0.4) is 0 Å². The van der Waals surface area contributed by atoms with Crippen LogP contribution in [-0.4, -0.2) is 27.0 Å². The Morgan fingerprint density at radius 3 is 2.62 bits per heavy atom. The summed E-state index contributed by atoms with van der Waals surface area (Å²) in [4.78, 5) is 30.8. The summed E-state index contributed by atoms with van der Waals surface area (Å²) in [5.74, 6) is -0.762. The average Bonchev–Trinajstić information content (AvgIpc) is 2.63. The molecule has 1 aromatic rings. The first-order chi connectivity index (χ1) is 13.8. The van der Waals surface area contributed by atoms with Gasteiger partial charge in [-0.3, -0.25) is 9.59 Å². The first kappa shape index (κ1) is 24.1. The van der Waals surface area contributed by atoms with E-state index in [-0.39, 0.29) is 17.7 Å². The number of hydrogen-bond donors (Lipinski definition) is 3. The van der Waals surface area contributed by atoms with Crippen LogP contribution in [0.15, 0.2) is 52.9 Å². The molecule has 1 rings (SSSR count). The van der Waals surface area contributed by atoms with Gasteiger partial charge in [0.1, 0.15) is 5.82 Å². The summed E-state index contributed by atoms with van der Waals surface area (Å²) in [5.41, 5.74) is 0.331. The molecular formula is C23H33N3O3. The molecule has 0 aliphatic carbocycles. The number of aromatic nitrogens is 2. The molecule has 1 heterocycles. The lowest BCUT2D eigenvalue weighted by Gasteiger charge is -2.11. The highest BCUT2D eigenvalue weighted by atomic mass is 16.3. The standard InChI is InChI=1S/C23H33N3O3/c1-6-11-18(12-7-2)14-10-8-9-13-17(5)15-19-25-20(21(27)23(29)26-19)22(28)24-16(3)4/h6,8-13,16-17,27H,7,14-15H2,1-5H3,(H,24,28)(H,25,26,29). The van der Waals surface area contributed by atoms with E-state index in [2.05, 4.69) is 40.4 Å². The molecule has 0 radical (unpaired) electrons. The molecule has 0 aliphatic rings. The predicted molar refractivity (Wildman–Crippen MR) is 118 cm³/mol.